The highest BCUT2D eigenvalue weighted by Gasteiger charge is 2.01. The van der Waals surface area contributed by atoms with Crippen LogP contribution in [0.1, 0.15) is 90.4 Å². The van der Waals surface area contributed by atoms with Crippen LogP contribution < -0.4 is 0 Å². The molecule has 0 aliphatic heterocycles. The molecule has 0 saturated heterocycles. The predicted molar refractivity (Wildman–Crippen MR) is 89.0 cm³/mol. The Balaban J connectivity index is 3.18. The van der Waals surface area contributed by atoms with E-state index in [0.29, 0.717) is 0 Å². The van der Waals surface area contributed by atoms with Crippen LogP contribution >= 0.6 is 0 Å². The van der Waals surface area contributed by atoms with Crippen molar-refractivity contribution in [3.63, 3.8) is 0 Å². The second-order valence-corrected chi connectivity index (χ2v) is 5.91. The first-order chi connectivity index (χ1) is 9.31. The van der Waals surface area contributed by atoms with Crippen LogP contribution in [-0.2, 0) is 0 Å². The Morgan fingerprint density at radius 1 is 0.684 bits per heavy atom. The molecule has 0 rings (SSSR count). The maximum Gasteiger partial charge on any atom is -0.0351 e. The average Bonchev–Trinajstić information content (AvgIpc) is 2.41. The van der Waals surface area contributed by atoms with Gasteiger partial charge in [-0.2, -0.15) is 0 Å². The third-order valence-corrected chi connectivity index (χ3v) is 3.80. The molecule has 19 heavy (non-hydrogen) atoms. The van der Waals surface area contributed by atoms with Gasteiger partial charge >= 0.3 is 0 Å². The molecule has 0 aliphatic carbocycles. The fourth-order valence-corrected chi connectivity index (χ4v) is 2.45. The summed E-state index contributed by atoms with van der Waals surface area (Å²) >= 11 is 0. The Bertz CT molecular complexity index is 180. The molecule has 0 nitrogen and oxygen atoms in total. The second-order valence-electron chi connectivity index (χ2n) is 5.91. The highest BCUT2D eigenvalue weighted by atomic mass is 14.1. The molecule has 0 bridgehead atoms. The molecule has 0 spiro atoms. The lowest BCUT2D eigenvalue weighted by Gasteiger charge is -2.10. The summed E-state index contributed by atoms with van der Waals surface area (Å²) in [5.41, 5.74) is 0. The fraction of sp³-hybridized carbons (Fsp3) is 0.789. The number of allylic oxidation sites excluding steroid dienone is 2. The average molecular weight is 264 g/mol. The molecule has 0 heteroatoms. The van der Waals surface area contributed by atoms with E-state index in [4.69, 9.17) is 0 Å². The van der Waals surface area contributed by atoms with Gasteiger partial charge in [0.25, 0.3) is 0 Å². The van der Waals surface area contributed by atoms with E-state index in [9.17, 15) is 0 Å². The van der Waals surface area contributed by atoms with Crippen LogP contribution in [0.5, 0.6) is 0 Å². The minimum absolute atomic E-state index is 0.927. The summed E-state index contributed by atoms with van der Waals surface area (Å²) < 4.78 is 0. The molecular formula is C19H36. The van der Waals surface area contributed by atoms with Gasteiger partial charge in [0, 0.05) is 0 Å². The van der Waals surface area contributed by atoms with Crippen LogP contribution in [0.3, 0.4) is 0 Å². The van der Waals surface area contributed by atoms with Crippen LogP contribution in [0.15, 0.2) is 12.2 Å². The topological polar surface area (TPSA) is 0 Å². The van der Waals surface area contributed by atoms with E-state index in [0.717, 1.165) is 25.2 Å². The van der Waals surface area contributed by atoms with E-state index >= 15 is 0 Å². The molecule has 0 N–H and O–H groups in total. The lowest BCUT2D eigenvalue weighted by molar-refractivity contribution is 0.439. The molecule has 0 fully saturated rings. The molecule has 1 atom stereocenters. The van der Waals surface area contributed by atoms with Gasteiger partial charge in [0.05, 0.1) is 0 Å². The standard InChI is InChI=1S/C19H36/c1-4-6-8-10-12-14-16-18-19(3)17-15-13-11-9-7-5-2/h8,10,19H,1-2,4-7,9,11-18H2,3H3. The smallest absolute Gasteiger partial charge is 0.0351 e. The van der Waals surface area contributed by atoms with Crippen molar-refractivity contribution in [2.24, 2.45) is 5.92 Å². The molecule has 112 valence electrons. The summed E-state index contributed by atoms with van der Waals surface area (Å²) in [6.45, 7) is 10.2. The molecule has 1 unspecified atom stereocenters. The predicted octanol–water partition coefficient (Wildman–Crippen LogP) is 6.92. The molecule has 0 saturated carbocycles. The summed E-state index contributed by atoms with van der Waals surface area (Å²) in [5.74, 6) is 0.927. The lowest BCUT2D eigenvalue weighted by Crippen LogP contribution is -1.95. The van der Waals surface area contributed by atoms with Gasteiger partial charge in [-0.15, -0.1) is 0 Å². The number of unbranched alkanes of at least 4 members (excludes halogenated alkanes) is 8. The zero-order valence-corrected chi connectivity index (χ0v) is 13.3. The van der Waals surface area contributed by atoms with Crippen molar-refractivity contribution in [1.82, 2.24) is 0 Å². The van der Waals surface area contributed by atoms with Crippen molar-refractivity contribution in [2.75, 3.05) is 0 Å². The van der Waals surface area contributed by atoms with Crippen molar-refractivity contribution in [3.8, 4) is 0 Å². The molecule has 0 aromatic heterocycles. The Labute approximate surface area is 123 Å². The zero-order chi connectivity index (χ0) is 14.2. The first kappa shape index (κ1) is 18.7. The third kappa shape index (κ3) is 15.7. The third-order valence-electron chi connectivity index (χ3n) is 3.80. The van der Waals surface area contributed by atoms with Crippen molar-refractivity contribution in [3.05, 3.63) is 26.0 Å². The molecule has 0 aliphatic rings. The Kier molecular flexibility index (Phi) is 15.6. The van der Waals surface area contributed by atoms with Gasteiger partial charge in [-0.05, 0) is 31.6 Å². The monoisotopic (exact) mass is 264 g/mol. The highest BCUT2D eigenvalue weighted by Crippen LogP contribution is 2.17. The first-order valence-corrected chi connectivity index (χ1v) is 8.54. The molecule has 0 heterocycles. The molecule has 0 amide bonds. The van der Waals surface area contributed by atoms with Gasteiger partial charge in [0.1, 0.15) is 0 Å². The van der Waals surface area contributed by atoms with Crippen LogP contribution in [0.2, 0.25) is 0 Å². The Morgan fingerprint density at radius 2 is 1.26 bits per heavy atom. The Morgan fingerprint density at radius 3 is 1.95 bits per heavy atom. The minimum Gasteiger partial charge on any atom is -0.0885 e. The van der Waals surface area contributed by atoms with Crippen LogP contribution in [0, 0.1) is 19.8 Å². The van der Waals surface area contributed by atoms with Crippen LogP contribution in [0.25, 0.3) is 0 Å². The SMILES string of the molecule is [CH2]CCC=CCCCCC(C)CCCCCCC[CH2]. The maximum atomic E-state index is 3.89. The van der Waals surface area contributed by atoms with Gasteiger partial charge in [-0.3, -0.25) is 0 Å². The Hall–Kier alpha value is -0.260. The van der Waals surface area contributed by atoms with Crippen molar-refractivity contribution >= 4 is 0 Å². The zero-order valence-electron chi connectivity index (χ0n) is 13.3. The largest absolute Gasteiger partial charge is 0.0885 e. The summed E-state index contributed by atoms with van der Waals surface area (Å²) in [6.07, 6.45) is 21.8. The van der Waals surface area contributed by atoms with Crippen LogP contribution in [0.4, 0.5) is 0 Å². The van der Waals surface area contributed by atoms with E-state index in [1.54, 1.807) is 0 Å². The van der Waals surface area contributed by atoms with Gasteiger partial charge in [-0.1, -0.05) is 90.7 Å². The number of rotatable bonds is 14. The van der Waals surface area contributed by atoms with Crippen LogP contribution in [-0.4, -0.2) is 0 Å². The van der Waals surface area contributed by atoms with E-state index in [-0.39, 0.29) is 0 Å². The number of hydrogen-bond donors (Lipinski definition) is 0. The maximum absolute atomic E-state index is 3.89. The second kappa shape index (κ2) is 15.8. The lowest BCUT2D eigenvalue weighted by atomic mass is 9.96. The highest BCUT2D eigenvalue weighted by molar-refractivity contribution is 4.81. The summed E-state index contributed by atoms with van der Waals surface area (Å²) in [6, 6.07) is 0. The summed E-state index contributed by atoms with van der Waals surface area (Å²) in [5, 5.41) is 0. The van der Waals surface area contributed by atoms with E-state index in [2.05, 4.69) is 32.9 Å². The summed E-state index contributed by atoms with van der Waals surface area (Å²) in [4.78, 5) is 0. The fourth-order valence-electron chi connectivity index (χ4n) is 2.45. The normalized spacial score (nSPS) is 13.2. The van der Waals surface area contributed by atoms with Gasteiger partial charge in [0.2, 0.25) is 0 Å². The minimum atomic E-state index is 0.927. The van der Waals surface area contributed by atoms with Crippen molar-refractivity contribution in [2.45, 2.75) is 90.4 Å². The summed E-state index contributed by atoms with van der Waals surface area (Å²) in [7, 11) is 0. The molecule has 2 radical (unpaired) electrons. The van der Waals surface area contributed by atoms with Gasteiger partial charge in [0.15, 0.2) is 0 Å². The quantitative estimate of drug-likeness (QED) is 0.236. The van der Waals surface area contributed by atoms with Crippen molar-refractivity contribution < 1.29 is 0 Å². The molecule has 0 aromatic rings. The van der Waals surface area contributed by atoms with E-state index in [1.165, 1.54) is 64.2 Å². The van der Waals surface area contributed by atoms with Crippen molar-refractivity contribution in [1.29, 1.82) is 0 Å². The van der Waals surface area contributed by atoms with Gasteiger partial charge < -0.3 is 0 Å². The molecular weight excluding hydrogens is 228 g/mol. The van der Waals surface area contributed by atoms with E-state index in [1.807, 2.05) is 0 Å². The van der Waals surface area contributed by atoms with E-state index < -0.39 is 0 Å². The molecule has 0 aromatic carbocycles. The van der Waals surface area contributed by atoms with Gasteiger partial charge in [-0.25, -0.2) is 0 Å². The number of hydrogen-bond acceptors (Lipinski definition) is 0. The first-order valence-electron chi connectivity index (χ1n) is 8.54.